The summed E-state index contributed by atoms with van der Waals surface area (Å²) in [4.78, 5) is 0. The van der Waals surface area contributed by atoms with Crippen LogP contribution in [-0.2, 0) is 0 Å². The van der Waals surface area contributed by atoms with E-state index in [1.54, 1.807) is 12.5 Å². The fourth-order valence-electron chi connectivity index (χ4n) is 1.24. The highest BCUT2D eigenvalue weighted by molar-refractivity contribution is 8.13. The summed E-state index contributed by atoms with van der Waals surface area (Å²) in [5, 5.41) is 3.62. The Morgan fingerprint density at radius 3 is 2.92 bits per heavy atom. The first kappa shape index (κ1) is 8.53. The molecular formula is C10H10O2S. The Hall–Kier alpha value is -1.06. The molecule has 0 fully saturated rings. The summed E-state index contributed by atoms with van der Waals surface area (Å²) in [6.45, 7) is 0. The second kappa shape index (κ2) is 3.36. The fourth-order valence-corrected chi connectivity index (χ4v) is 2.08. The van der Waals surface area contributed by atoms with Gasteiger partial charge in [-0.25, -0.2) is 0 Å². The molecule has 0 amide bonds. The third-order valence-corrected chi connectivity index (χ3v) is 2.84. The second-order valence-electron chi connectivity index (χ2n) is 2.76. The molecule has 0 spiro atoms. The number of rotatable bonds is 1. The van der Waals surface area contributed by atoms with Crippen LogP contribution in [0.4, 0.5) is 0 Å². The van der Waals surface area contributed by atoms with Crippen LogP contribution < -0.4 is 4.74 Å². The maximum absolute atomic E-state index is 9.34. The summed E-state index contributed by atoms with van der Waals surface area (Å²) in [5.74, 6) is 0.844. The number of hydrogen-bond acceptors (Lipinski definition) is 2. The minimum atomic E-state index is -0.707. The maximum atomic E-state index is 9.34. The van der Waals surface area contributed by atoms with Crippen LogP contribution in [0.3, 0.4) is 0 Å². The van der Waals surface area contributed by atoms with Crippen molar-refractivity contribution in [3.63, 3.8) is 0 Å². The molecule has 1 aliphatic rings. The van der Waals surface area contributed by atoms with Crippen LogP contribution in [0.2, 0.25) is 0 Å². The molecule has 0 aromatic heterocycles. The Morgan fingerprint density at radius 1 is 1.31 bits per heavy atom. The van der Waals surface area contributed by atoms with E-state index in [1.165, 1.54) is 0 Å². The highest BCUT2D eigenvalue weighted by atomic mass is 32.2. The van der Waals surface area contributed by atoms with Crippen molar-refractivity contribution in [2.45, 2.75) is 0 Å². The number of benzene rings is 1. The monoisotopic (exact) mass is 194 g/mol. The van der Waals surface area contributed by atoms with E-state index in [1.807, 2.05) is 29.6 Å². The third kappa shape index (κ3) is 1.66. The van der Waals surface area contributed by atoms with Crippen LogP contribution in [0.5, 0.6) is 5.75 Å². The van der Waals surface area contributed by atoms with Gasteiger partial charge in [-0.05, 0) is 50.9 Å². The molecule has 68 valence electrons. The van der Waals surface area contributed by atoms with E-state index in [9.17, 15) is 4.55 Å². The summed E-state index contributed by atoms with van der Waals surface area (Å²) < 4.78 is 14.4. The molecule has 0 radical (unpaired) electrons. The van der Waals surface area contributed by atoms with E-state index in [0.717, 1.165) is 16.9 Å². The summed E-state index contributed by atoms with van der Waals surface area (Å²) in [7, 11) is 0.941. The molecule has 3 heteroatoms. The van der Waals surface area contributed by atoms with E-state index in [0.29, 0.717) is 0 Å². The zero-order valence-corrected chi connectivity index (χ0v) is 8.04. The molecule has 2 rings (SSSR count). The Bertz CT molecular complexity index is 394. The Balaban J connectivity index is 2.50. The van der Waals surface area contributed by atoms with Gasteiger partial charge >= 0.3 is 0 Å². The summed E-state index contributed by atoms with van der Waals surface area (Å²) >= 11 is 0. The van der Waals surface area contributed by atoms with E-state index in [4.69, 9.17) is 4.74 Å². The smallest absolute Gasteiger partial charge is 0.119 e. The summed E-state index contributed by atoms with van der Waals surface area (Å²) in [6, 6.07) is 5.80. The molecule has 0 saturated heterocycles. The van der Waals surface area contributed by atoms with Crippen molar-refractivity contribution in [1.29, 1.82) is 0 Å². The normalized spacial score (nSPS) is 19.1. The standard InChI is InChI=1S/C10H10O2S/c1-12-10-3-2-9-7-13(11)5-4-8(9)6-10/h2-7,11H,1H3. The van der Waals surface area contributed by atoms with Crippen molar-refractivity contribution in [3.8, 4) is 5.75 Å². The molecule has 2 nitrogen and oxygen atoms in total. The lowest BCUT2D eigenvalue weighted by Crippen LogP contribution is -1.92. The fraction of sp³-hybridized carbons (Fsp3) is 0.100. The van der Waals surface area contributed by atoms with Gasteiger partial charge < -0.3 is 9.29 Å². The van der Waals surface area contributed by atoms with Crippen molar-refractivity contribution < 1.29 is 9.29 Å². The molecule has 1 N–H and O–H groups in total. The van der Waals surface area contributed by atoms with E-state index < -0.39 is 10.8 Å². The molecular weight excluding hydrogens is 184 g/mol. The van der Waals surface area contributed by atoms with Crippen LogP contribution in [0.15, 0.2) is 23.6 Å². The van der Waals surface area contributed by atoms with E-state index in [-0.39, 0.29) is 0 Å². The largest absolute Gasteiger partial charge is 0.497 e. The topological polar surface area (TPSA) is 29.5 Å². The van der Waals surface area contributed by atoms with Crippen LogP contribution in [0.25, 0.3) is 6.08 Å². The van der Waals surface area contributed by atoms with E-state index >= 15 is 0 Å². The van der Waals surface area contributed by atoms with Gasteiger partial charge in [0.25, 0.3) is 0 Å². The van der Waals surface area contributed by atoms with Crippen molar-refractivity contribution in [2.24, 2.45) is 0 Å². The zero-order valence-electron chi connectivity index (χ0n) is 7.23. The van der Waals surface area contributed by atoms with Crippen molar-refractivity contribution in [3.05, 3.63) is 34.7 Å². The van der Waals surface area contributed by atoms with Gasteiger partial charge in [0.2, 0.25) is 0 Å². The van der Waals surface area contributed by atoms with E-state index in [2.05, 4.69) is 0 Å². The maximum Gasteiger partial charge on any atom is 0.119 e. The molecule has 13 heavy (non-hydrogen) atoms. The zero-order chi connectivity index (χ0) is 9.26. The van der Waals surface area contributed by atoms with Crippen LogP contribution in [0.1, 0.15) is 11.1 Å². The quantitative estimate of drug-likeness (QED) is 0.696. The van der Waals surface area contributed by atoms with Gasteiger partial charge in [0.15, 0.2) is 0 Å². The lowest BCUT2D eigenvalue weighted by molar-refractivity contribution is 0.414. The molecule has 1 heterocycles. The van der Waals surface area contributed by atoms with Gasteiger partial charge in [0.1, 0.15) is 5.75 Å². The Morgan fingerprint density at radius 2 is 2.15 bits per heavy atom. The summed E-state index contributed by atoms with van der Waals surface area (Å²) in [5.41, 5.74) is 2.16. The molecule has 1 aromatic rings. The molecule has 1 atom stereocenters. The first-order chi connectivity index (χ1) is 6.29. The molecule has 1 aliphatic heterocycles. The van der Waals surface area contributed by atoms with Crippen molar-refractivity contribution in [1.82, 2.24) is 0 Å². The van der Waals surface area contributed by atoms with Crippen LogP contribution in [-0.4, -0.2) is 17.0 Å². The van der Waals surface area contributed by atoms with Crippen molar-refractivity contribution in [2.75, 3.05) is 7.11 Å². The minimum absolute atomic E-state index is 0.707. The SMILES string of the molecule is COc1ccc2c(c1)C=CS(O)=C2. The number of methoxy groups -OCH3 is 1. The number of hydrogen-bond donors (Lipinski definition) is 1. The first-order valence-electron chi connectivity index (χ1n) is 3.92. The average Bonchev–Trinajstić information content (AvgIpc) is 2.17. The second-order valence-corrected chi connectivity index (χ2v) is 3.96. The van der Waals surface area contributed by atoms with Gasteiger partial charge in [0.05, 0.1) is 7.11 Å². The number of fused-ring (bicyclic) bond motifs is 1. The predicted octanol–water partition coefficient (Wildman–Crippen LogP) is 2.57. The first-order valence-corrected chi connectivity index (χ1v) is 5.22. The van der Waals surface area contributed by atoms with Gasteiger partial charge in [0, 0.05) is 0 Å². The van der Waals surface area contributed by atoms with Crippen molar-refractivity contribution >= 4 is 22.2 Å². The molecule has 0 aliphatic carbocycles. The van der Waals surface area contributed by atoms with Gasteiger partial charge in [-0.3, -0.25) is 0 Å². The minimum Gasteiger partial charge on any atom is -0.497 e. The predicted molar refractivity (Wildman–Crippen MR) is 57.4 cm³/mol. The highest BCUT2D eigenvalue weighted by Gasteiger charge is 2.03. The number of ether oxygens (including phenoxy) is 1. The highest BCUT2D eigenvalue weighted by Crippen LogP contribution is 2.25. The van der Waals surface area contributed by atoms with Gasteiger partial charge in [-0.2, -0.15) is 0 Å². The lowest BCUT2D eigenvalue weighted by Gasteiger charge is -2.09. The Labute approximate surface area is 79.6 Å². The average molecular weight is 194 g/mol. The van der Waals surface area contributed by atoms with Gasteiger partial charge in [-0.1, -0.05) is 6.07 Å². The molecule has 1 aromatic carbocycles. The van der Waals surface area contributed by atoms with Gasteiger partial charge in [-0.15, -0.1) is 0 Å². The molecule has 0 bridgehead atoms. The van der Waals surface area contributed by atoms with Crippen LogP contribution in [0, 0.1) is 0 Å². The third-order valence-electron chi connectivity index (χ3n) is 1.93. The summed E-state index contributed by atoms with van der Waals surface area (Å²) in [6.07, 6.45) is 1.92. The Kier molecular flexibility index (Phi) is 2.20. The van der Waals surface area contributed by atoms with Crippen LogP contribution >= 0.6 is 10.8 Å². The lowest BCUT2D eigenvalue weighted by atomic mass is 10.1. The molecule has 0 saturated carbocycles. The molecule has 1 unspecified atom stereocenters.